The van der Waals surface area contributed by atoms with Gasteiger partial charge in [-0.15, -0.1) is 0 Å². The Balaban J connectivity index is -0.000000565. The Bertz CT molecular complexity index is 590. The molecule has 16 heteroatoms. The highest BCUT2D eigenvalue weighted by atomic mass is 28.4. The summed E-state index contributed by atoms with van der Waals surface area (Å²) in [6.45, 7) is 18.2. The summed E-state index contributed by atoms with van der Waals surface area (Å²) in [4.78, 5) is 8.00. The Morgan fingerprint density at radius 3 is 1.51 bits per heavy atom. The number of hydrogen-bond acceptors (Lipinski definition) is 12. The summed E-state index contributed by atoms with van der Waals surface area (Å²) in [5.74, 6) is 0. The first-order chi connectivity index (χ1) is 20.3. The number of hydrogen-bond donors (Lipinski definition) is 1. The highest BCUT2D eigenvalue weighted by Gasteiger charge is 2.40. The normalized spacial score (nSPS) is 15.0. The Morgan fingerprint density at radius 1 is 0.698 bits per heavy atom. The van der Waals surface area contributed by atoms with Crippen LogP contribution in [0.25, 0.3) is 0 Å². The predicted octanol–water partition coefficient (Wildman–Crippen LogP) is 4.52. The molecular formula is C27H66O12Si4. The minimum absolute atomic E-state index is 0.0437. The molecule has 12 nitrogen and oxygen atoms in total. The van der Waals surface area contributed by atoms with Gasteiger partial charge in [-0.2, -0.15) is 0 Å². The summed E-state index contributed by atoms with van der Waals surface area (Å²) in [5, 5.41) is 9.26. The third-order valence-electron chi connectivity index (χ3n) is 7.03. The van der Waals surface area contributed by atoms with E-state index in [2.05, 4.69) is 19.6 Å². The second-order valence-corrected chi connectivity index (χ2v) is 24.5. The molecule has 0 aromatic rings. The van der Waals surface area contributed by atoms with Crippen molar-refractivity contribution in [3.05, 3.63) is 0 Å². The van der Waals surface area contributed by atoms with Crippen LogP contribution in [0.4, 0.5) is 0 Å². The quantitative estimate of drug-likeness (QED) is 0.0916. The number of rotatable bonds is 23. The fraction of sp³-hybridized carbons (Fsp3) is 0.963. The maximum atomic E-state index is 9.26. The first-order valence-corrected chi connectivity index (χ1v) is 25.1. The summed E-state index contributed by atoms with van der Waals surface area (Å²) in [7, 11) is 1.90. The number of ether oxygens (including phenoxy) is 2. The van der Waals surface area contributed by atoms with Crippen LogP contribution in [0.2, 0.25) is 44.3 Å². The molecular weight excluding hydrogens is 629 g/mol. The van der Waals surface area contributed by atoms with Gasteiger partial charge < -0.3 is 54.8 Å². The summed E-state index contributed by atoms with van der Waals surface area (Å²) < 4.78 is 53.5. The maximum Gasteiger partial charge on any atom is 0.363 e. The van der Waals surface area contributed by atoms with Crippen LogP contribution in [0, 0.1) is 0 Å². The van der Waals surface area contributed by atoms with E-state index in [4.69, 9.17) is 49.7 Å². The van der Waals surface area contributed by atoms with Crippen LogP contribution < -0.4 is 0 Å². The fourth-order valence-corrected chi connectivity index (χ4v) is 11.5. The topological polar surface area (TPSA) is 133 Å². The van der Waals surface area contributed by atoms with E-state index in [-0.39, 0.29) is 6.23 Å². The van der Waals surface area contributed by atoms with Gasteiger partial charge in [-0.1, -0.05) is 19.3 Å². The molecule has 1 atom stereocenters. The molecule has 0 spiro atoms. The SMILES string of the molecule is C=O.CCO[Si](C)(C)OCC.CO[Si](C)(CCCCCCOCC1CO1)OC.CO[Si](C)(CC[Si](CO)(OC)OC)OC. The van der Waals surface area contributed by atoms with Crippen molar-refractivity contribution >= 4 is 41.0 Å². The minimum atomic E-state index is -2.43. The second-order valence-electron chi connectivity index (χ2n) is 10.5. The zero-order valence-corrected chi connectivity index (χ0v) is 33.4. The van der Waals surface area contributed by atoms with Gasteiger partial charge in [0.05, 0.1) is 19.4 Å². The Morgan fingerprint density at radius 2 is 1.14 bits per heavy atom. The molecule has 262 valence electrons. The lowest BCUT2D eigenvalue weighted by Crippen LogP contribution is -2.47. The Kier molecular flexibility index (Phi) is 31.3. The third kappa shape index (κ3) is 25.9. The number of carbonyl (C=O) groups excluding carboxylic acids is 1. The van der Waals surface area contributed by atoms with Crippen LogP contribution in [0.15, 0.2) is 0 Å². The zero-order valence-electron chi connectivity index (χ0n) is 29.4. The van der Waals surface area contributed by atoms with Crippen molar-refractivity contribution in [3.8, 4) is 0 Å². The summed E-state index contributed by atoms with van der Waals surface area (Å²) in [6, 6.07) is 2.52. The van der Waals surface area contributed by atoms with Crippen LogP contribution >= 0.6 is 0 Å². The monoisotopic (exact) mass is 694 g/mol. The largest absolute Gasteiger partial charge is 0.398 e. The summed E-state index contributed by atoms with van der Waals surface area (Å²) >= 11 is 0. The molecule has 1 aliphatic heterocycles. The minimum Gasteiger partial charge on any atom is -0.398 e. The molecule has 0 aromatic heterocycles. The molecule has 1 N–H and O–H groups in total. The molecule has 1 aliphatic rings. The van der Waals surface area contributed by atoms with Gasteiger partial charge in [0.2, 0.25) is 0 Å². The van der Waals surface area contributed by atoms with Gasteiger partial charge in [-0.3, -0.25) is 0 Å². The molecule has 0 aromatic carbocycles. The van der Waals surface area contributed by atoms with E-state index in [0.29, 0.717) is 12.1 Å². The van der Waals surface area contributed by atoms with Crippen LogP contribution in [0.1, 0.15) is 39.5 Å². The molecule has 43 heavy (non-hydrogen) atoms. The van der Waals surface area contributed by atoms with Crippen LogP contribution in [0.3, 0.4) is 0 Å². The number of carbonyl (C=O) groups is 1. The molecule has 1 heterocycles. The average molecular weight is 695 g/mol. The molecule has 0 aliphatic carbocycles. The van der Waals surface area contributed by atoms with E-state index in [1.807, 2.05) is 27.2 Å². The van der Waals surface area contributed by atoms with Crippen molar-refractivity contribution in [3.63, 3.8) is 0 Å². The van der Waals surface area contributed by atoms with Crippen molar-refractivity contribution < 1.29 is 54.8 Å². The first-order valence-electron chi connectivity index (χ1n) is 15.0. The number of epoxide rings is 1. The van der Waals surface area contributed by atoms with Crippen molar-refractivity contribution in [2.24, 2.45) is 0 Å². The van der Waals surface area contributed by atoms with Crippen molar-refractivity contribution in [1.82, 2.24) is 0 Å². The zero-order chi connectivity index (χ0) is 33.8. The molecule has 0 radical (unpaired) electrons. The molecule has 0 amide bonds. The van der Waals surface area contributed by atoms with Crippen molar-refractivity contribution in [1.29, 1.82) is 0 Å². The number of aliphatic hydroxyl groups excluding tert-OH is 1. The Hall–Kier alpha value is 0.0975. The highest BCUT2D eigenvalue weighted by molar-refractivity contribution is 6.72. The third-order valence-corrected chi connectivity index (χ3v) is 18.4. The number of aliphatic hydroxyl groups is 1. The Labute approximate surface area is 267 Å². The van der Waals surface area contributed by atoms with Crippen molar-refractivity contribution in [2.75, 3.05) is 81.9 Å². The lowest BCUT2D eigenvalue weighted by molar-refractivity contribution is -0.0980. The molecule has 0 saturated carbocycles. The lowest BCUT2D eigenvalue weighted by Gasteiger charge is -2.29. The fourth-order valence-electron chi connectivity index (χ4n) is 3.61. The summed E-state index contributed by atoms with van der Waals surface area (Å²) in [6.07, 6.45) is 5.14. The smallest absolute Gasteiger partial charge is 0.363 e. The van der Waals surface area contributed by atoms with E-state index >= 15 is 0 Å². The average Bonchev–Trinajstić information content (AvgIpc) is 3.85. The van der Waals surface area contributed by atoms with Crippen LogP contribution in [0.5, 0.6) is 0 Å². The van der Waals surface area contributed by atoms with Gasteiger partial charge in [0.25, 0.3) is 0 Å². The maximum absolute atomic E-state index is 9.26. The van der Waals surface area contributed by atoms with Crippen LogP contribution in [-0.2, 0) is 49.7 Å². The number of unbranched alkanes of at least 4 members (excludes halogenated alkanes) is 3. The van der Waals surface area contributed by atoms with Gasteiger partial charge in [0.1, 0.15) is 12.9 Å². The van der Waals surface area contributed by atoms with Gasteiger partial charge in [0, 0.05) is 62.5 Å². The lowest BCUT2D eigenvalue weighted by atomic mass is 10.2. The van der Waals surface area contributed by atoms with Gasteiger partial charge >= 0.3 is 34.2 Å². The van der Waals surface area contributed by atoms with Gasteiger partial charge in [-0.25, -0.2) is 0 Å². The van der Waals surface area contributed by atoms with Gasteiger partial charge in [0.15, 0.2) is 0 Å². The van der Waals surface area contributed by atoms with E-state index in [0.717, 1.165) is 51.5 Å². The molecule has 1 rings (SSSR count). The van der Waals surface area contributed by atoms with E-state index in [1.165, 1.54) is 19.3 Å². The van der Waals surface area contributed by atoms with E-state index < -0.39 is 34.2 Å². The summed E-state index contributed by atoms with van der Waals surface area (Å²) in [5.41, 5.74) is 0. The van der Waals surface area contributed by atoms with E-state index in [9.17, 15) is 5.11 Å². The molecule has 1 unspecified atom stereocenters. The van der Waals surface area contributed by atoms with Crippen LogP contribution in [-0.4, -0.2) is 134 Å². The van der Waals surface area contributed by atoms with E-state index in [1.54, 1.807) is 42.7 Å². The van der Waals surface area contributed by atoms with Gasteiger partial charge in [-0.05, 0) is 64.6 Å². The molecule has 0 bridgehead atoms. The predicted molar refractivity (Wildman–Crippen MR) is 179 cm³/mol. The second kappa shape index (κ2) is 28.3. The first kappa shape index (κ1) is 47.5. The highest BCUT2D eigenvalue weighted by Crippen LogP contribution is 2.22. The van der Waals surface area contributed by atoms with Crippen molar-refractivity contribution in [2.45, 2.75) is 90.0 Å². The molecule has 1 fully saturated rings. The standard InChI is InChI=1S/C12H26O4Si.C8H22O5Si2.C6H16O2Si.CH2O/c1-13-17(3,14-2)9-7-5-4-6-8-15-10-12-11-16-12;1-10-14(5,11-2)6-7-15(8-9,12-3)13-4;1-5-7-9(3,4)8-6-2;1-2/h12H,4-11H2,1-3H3;9H,6-8H2,1-5H3;5-6H2,1-4H3;1H2. The molecule has 1 saturated heterocycles.